The maximum absolute atomic E-state index is 11.9. The van der Waals surface area contributed by atoms with Gasteiger partial charge in [0.15, 0.2) is 0 Å². The van der Waals surface area contributed by atoms with Crippen molar-refractivity contribution in [2.24, 2.45) is 5.92 Å². The minimum atomic E-state index is -0.258. The Bertz CT molecular complexity index is 324. The maximum Gasteiger partial charge on any atom is 0.243 e. The SMILES string of the molecule is CCC1C(=O)NCC(=O)N1CC1CCN(C)CC1. The van der Waals surface area contributed by atoms with E-state index in [9.17, 15) is 9.59 Å². The molecule has 2 rings (SSSR count). The molecule has 2 saturated heterocycles. The second kappa shape index (κ2) is 5.69. The van der Waals surface area contributed by atoms with Crippen LogP contribution in [0.2, 0.25) is 0 Å². The lowest BCUT2D eigenvalue weighted by atomic mass is 9.95. The highest BCUT2D eigenvalue weighted by Gasteiger charge is 2.34. The average Bonchev–Trinajstić information content (AvgIpc) is 2.37. The summed E-state index contributed by atoms with van der Waals surface area (Å²) in [6.07, 6.45) is 2.95. The minimum Gasteiger partial charge on any atom is -0.345 e. The van der Waals surface area contributed by atoms with Gasteiger partial charge < -0.3 is 15.1 Å². The Morgan fingerprint density at radius 1 is 1.28 bits per heavy atom. The number of hydrogen-bond acceptors (Lipinski definition) is 3. The number of hydrogen-bond donors (Lipinski definition) is 1. The topological polar surface area (TPSA) is 52.7 Å². The van der Waals surface area contributed by atoms with Gasteiger partial charge in [0.1, 0.15) is 6.04 Å². The third-order valence-electron chi connectivity index (χ3n) is 4.09. The predicted octanol–water partition coefficient (Wildman–Crippen LogP) is 0.0652. The number of piperidine rings is 1. The van der Waals surface area contributed by atoms with E-state index in [4.69, 9.17) is 0 Å². The van der Waals surface area contributed by atoms with E-state index in [0.717, 1.165) is 32.5 Å². The molecule has 1 atom stereocenters. The molecule has 102 valence electrons. The first kappa shape index (κ1) is 13.3. The summed E-state index contributed by atoms with van der Waals surface area (Å²) < 4.78 is 0. The van der Waals surface area contributed by atoms with Crippen molar-refractivity contribution in [2.45, 2.75) is 32.2 Å². The predicted molar refractivity (Wildman–Crippen MR) is 69.0 cm³/mol. The van der Waals surface area contributed by atoms with Gasteiger partial charge in [-0.2, -0.15) is 0 Å². The van der Waals surface area contributed by atoms with Crippen LogP contribution in [0.3, 0.4) is 0 Å². The molecule has 0 radical (unpaired) electrons. The zero-order valence-electron chi connectivity index (χ0n) is 11.3. The van der Waals surface area contributed by atoms with Gasteiger partial charge in [-0.15, -0.1) is 0 Å². The van der Waals surface area contributed by atoms with Gasteiger partial charge in [-0.3, -0.25) is 9.59 Å². The van der Waals surface area contributed by atoms with Crippen LogP contribution >= 0.6 is 0 Å². The molecule has 0 aromatic rings. The first-order valence-corrected chi connectivity index (χ1v) is 6.87. The summed E-state index contributed by atoms with van der Waals surface area (Å²) in [6.45, 7) is 5.07. The summed E-state index contributed by atoms with van der Waals surface area (Å²) in [5.74, 6) is 0.621. The highest BCUT2D eigenvalue weighted by atomic mass is 16.2. The number of amides is 2. The largest absolute Gasteiger partial charge is 0.345 e. The molecule has 0 bridgehead atoms. The summed E-state index contributed by atoms with van der Waals surface area (Å²) in [6, 6.07) is -0.258. The van der Waals surface area contributed by atoms with Gasteiger partial charge in [-0.25, -0.2) is 0 Å². The van der Waals surface area contributed by atoms with Crippen molar-refractivity contribution >= 4 is 11.8 Å². The summed E-state index contributed by atoms with van der Waals surface area (Å²) in [5.41, 5.74) is 0. The van der Waals surface area contributed by atoms with Crippen LogP contribution in [-0.4, -0.2) is 60.9 Å². The number of likely N-dealkylation sites (tertiary alicyclic amines) is 1. The third-order valence-corrected chi connectivity index (χ3v) is 4.09. The molecule has 0 aromatic carbocycles. The average molecular weight is 253 g/mol. The number of carbonyl (C=O) groups is 2. The molecular weight excluding hydrogens is 230 g/mol. The molecule has 1 N–H and O–H groups in total. The van der Waals surface area contributed by atoms with Gasteiger partial charge in [0.25, 0.3) is 0 Å². The fourth-order valence-corrected chi connectivity index (χ4v) is 2.86. The Hall–Kier alpha value is -1.10. The molecule has 2 heterocycles. The van der Waals surface area contributed by atoms with Gasteiger partial charge in [-0.05, 0) is 45.3 Å². The highest BCUT2D eigenvalue weighted by Crippen LogP contribution is 2.20. The van der Waals surface area contributed by atoms with Crippen LogP contribution in [0.5, 0.6) is 0 Å². The molecule has 0 saturated carbocycles. The minimum absolute atomic E-state index is 0.00466. The summed E-state index contributed by atoms with van der Waals surface area (Å²) >= 11 is 0. The van der Waals surface area contributed by atoms with Crippen molar-refractivity contribution in [2.75, 3.05) is 33.2 Å². The maximum atomic E-state index is 11.9. The Morgan fingerprint density at radius 3 is 2.56 bits per heavy atom. The van der Waals surface area contributed by atoms with E-state index in [1.165, 1.54) is 0 Å². The molecule has 1 unspecified atom stereocenters. The molecule has 0 aromatic heterocycles. The molecule has 0 spiro atoms. The van der Waals surface area contributed by atoms with E-state index >= 15 is 0 Å². The van der Waals surface area contributed by atoms with Crippen molar-refractivity contribution in [3.63, 3.8) is 0 Å². The van der Waals surface area contributed by atoms with Crippen LogP contribution < -0.4 is 5.32 Å². The fraction of sp³-hybridized carbons (Fsp3) is 0.846. The van der Waals surface area contributed by atoms with Crippen molar-refractivity contribution in [1.29, 1.82) is 0 Å². The Labute approximate surface area is 108 Å². The standard InChI is InChI=1S/C13H23N3O2/c1-3-11-13(18)14-8-12(17)16(11)9-10-4-6-15(2)7-5-10/h10-11H,3-9H2,1-2H3,(H,14,18). The Morgan fingerprint density at radius 2 is 1.94 bits per heavy atom. The quantitative estimate of drug-likeness (QED) is 0.774. The summed E-state index contributed by atoms with van der Waals surface area (Å²) in [4.78, 5) is 27.8. The van der Waals surface area contributed by atoms with Gasteiger partial charge in [0, 0.05) is 6.54 Å². The van der Waals surface area contributed by atoms with Gasteiger partial charge >= 0.3 is 0 Å². The van der Waals surface area contributed by atoms with Gasteiger partial charge in [0.05, 0.1) is 6.54 Å². The second-order valence-corrected chi connectivity index (χ2v) is 5.43. The lowest BCUT2D eigenvalue weighted by Crippen LogP contribution is -2.59. The van der Waals surface area contributed by atoms with Crippen LogP contribution in [0.1, 0.15) is 26.2 Å². The van der Waals surface area contributed by atoms with Crippen molar-refractivity contribution in [1.82, 2.24) is 15.1 Å². The molecule has 2 fully saturated rings. The molecule has 0 aliphatic carbocycles. The summed E-state index contributed by atoms with van der Waals surface area (Å²) in [5, 5.41) is 2.67. The Kier molecular flexibility index (Phi) is 4.22. The van der Waals surface area contributed by atoms with Crippen LogP contribution in [0.25, 0.3) is 0 Å². The fourth-order valence-electron chi connectivity index (χ4n) is 2.86. The van der Waals surface area contributed by atoms with E-state index in [2.05, 4.69) is 17.3 Å². The van der Waals surface area contributed by atoms with Crippen LogP contribution in [0, 0.1) is 5.92 Å². The van der Waals surface area contributed by atoms with E-state index in [1.54, 1.807) is 4.90 Å². The molecular formula is C13H23N3O2. The highest BCUT2D eigenvalue weighted by molar-refractivity contribution is 5.94. The number of carbonyl (C=O) groups excluding carboxylic acids is 2. The van der Waals surface area contributed by atoms with Crippen molar-refractivity contribution in [3.05, 3.63) is 0 Å². The number of piperazine rings is 1. The van der Waals surface area contributed by atoms with E-state index in [-0.39, 0.29) is 24.4 Å². The van der Waals surface area contributed by atoms with Crippen molar-refractivity contribution in [3.8, 4) is 0 Å². The summed E-state index contributed by atoms with van der Waals surface area (Å²) in [7, 11) is 2.13. The molecule has 5 nitrogen and oxygen atoms in total. The number of rotatable bonds is 3. The molecule has 2 aliphatic rings. The first-order valence-electron chi connectivity index (χ1n) is 6.87. The van der Waals surface area contributed by atoms with Gasteiger partial charge in [0.2, 0.25) is 11.8 Å². The first-order chi connectivity index (χ1) is 8.61. The number of nitrogens with zero attached hydrogens (tertiary/aromatic N) is 2. The molecule has 2 aliphatic heterocycles. The zero-order valence-corrected chi connectivity index (χ0v) is 11.3. The molecule has 2 amide bonds. The lowest BCUT2D eigenvalue weighted by molar-refractivity contribution is -0.146. The van der Waals surface area contributed by atoms with Crippen LogP contribution in [-0.2, 0) is 9.59 Å². The normalized spacial score (nSPS) is 27.4. The van der Waals surface area contributed by atoms with Gasteiger partial charge in [-0.1, -0.05) is 6.92 Å². The van der Waals surface area contributed by atoms with E-state index < -0.39 is 0 Å². The van der Waals surface area contributed by atoms with E-state index in [0.29, 0.717) is 12.3 Å². The monoisotopic (exact) mass is 253 g/mol. The Balaban J connectivity index is 1.96. The van der Waals surface area contributed by atoms with Crippen molar-refractivity contribution < 1.29 is 9.59 Å². The smallest absolute Gasteiger partial charge is 0.243 e. The molecule has 18 heavy (non-hydrogen) atoms. The van der Waals surface area contributed by atoms with E-state index in [1.807, 2.05) is 6.92 Å². The molecule has 5 heteroatoms. The number of nitrogens with one attached hydrogen (secondary N) is 1. The van der Waals surface area contributed by atoms with Crippen LogP contribution in [0.15, 0.2) is 0 Å². The second-order valence-electron chi connectivity index (χ2n) is 5.43. The zero-order chi connectivity index (χ0) is 13.1. The van der Waals surface area contributed by atoms with Crippen LogP contribution in [0.4, 0.5) is 0 Å². The lowest BCUT2D eigenvalue weighted by Gasteiger charge is -2.38. The third kappa shape index (κ3) is 2.83.